The summed E-state index contributed by atoms with van der Waals surface area (Å²) in [6.07, 6.45) is 8.68. The Hall–Kier alpha value is -0.770. The summed E-state index contributed by atoms with van der Waals surface area (Å²) in [7, 11) is 1.80. The number of carbonyl (C=O) groups is 1. The smallest absolute Gasteiger partial charge is 0.410 e. The van der Waals surface area contributed by atoms with E-state index in [4.69, 9.17) is 9.47 Å². The second-order valence-corrected chi connectivity index (χ2v) is 7.43. The van der Waals surface area contributed by atoms with Gasteiger partial charge in [-0.15, -0.1) is 0 Å². The van der Waals surface area contributed by atoms with Gasteiger partial charge in [-0.3, -0.25) is 0 Å². The van der Waals surface area contributed by atoms with Crippen LogP contribution in [0.15, 0.2) is 0 Å². The molecule has 1 amide bonds. The number of nitrogens with zero attached hydrogens (tertiary/aromatic N) is 1. The van der Waals surface area contributed by atoms with Gasteiger partial charge >= 0.3 is 6.09 Å². The molecule has 0 spiro atoms. The summed E-state index contributed by atoms with van der Waals surface area (Å²) >= 11 is 0. The van der Waals surface area contributed by atoms with Crippen molar-refractivity contribution in [3.8, 4) is 0 Å². The number of hydrogen-bond acceptors (Lipinski definition) is 3. The zero-order chi connectivity index (χ0) is 17.7. The lowest BCUT2D eigenvalue weighted by Gasteiger charge is -2.23. The van der Waals surface area contributed by atoms with Crippen molar-refractivity contribution in [3.05, 3.63) is 0 Å². The van der Waals surface area contributed by atoms with E-state index in [2.05, 4.69) is 13.8 Å². The normalized spacial score (nSPS) is 15.8. The lowest BCUT2D eigenvalue weighted by Crippen LogP contribution is -2.34. The van der Waals surface area contributed by atoms with Crippen LogP contribution in [0.4, 0.5) is 4.79 Å². The fraction of sp³-hybridized carbons (Fsp3) is 0.947. The zero-order valence-electron chi connectivity index (χ0n) is 16.3. The van der Waals surface area contributed by atoms with Gasteiger partial charge in [0, 0.05) is 26.8 Å². The first kappa shape index (κ1) is 22.2. The maximum absolute atomic E-state index is 11.4. The van der Waals surface area contributed by atoms with Crippen LogP contribution in [0.2, 0.25) is 0 Å². The topological polar surface area (TPSA) is 38.8 Å². The molecule has 0 aromatic rings. The largest absolute Gasteiger partial charge is 0.444 e. The molecule has 0 aliphatic carbocycles. The Morgan fingerprint density at radius 3 is 2.13 bits per heavy atom. The van der Waals surface area contributed by atoms with Crippen molar-refractivity contribution in [2.75, 3.05) is 26.8 Å². The van der Waals surface area contributed by atoms with Crippen molar-refractivity contribution < 1.29 is 14.3 Å². The van der Waals surface area contributed by atoms with Crippen LogP contribution in [0.5, 0.6) is 0 Å². The standard InChI is InChI=1S/C10H22O.C9H17NO2/c1-4-6-8-10(7-5-2)9-11-3;1-9(2,3)12-8(11)10-6-4-5-7-10/h10H,4-9H2,1-3H3;4-7H2,1-3H3. The third-order valence-electron chi connectivity index (χ3n) is 3.82. The monoisotopic (exact) mass is 329 g/mol. The molecule has 1 heterocycles. The number of amides is 1. The van der Waals surface area contributed by atoms with E-state index in [1.54, 1.807) is 12.0 Å². The van der Waals surface area contributed by atoms with Crippen molar-refractivity contribution in [2.45, 2.75) is 85.2 Å². The molecule has 4 heteroatoms. The van der Waals surface area contributed by atoms with Gasteiger partial charge in [0.2, 0.25) is 0 Å². The third kappa shape index (κ3) is 12.3. The average Bonchev–Trinajstić information content (AvgIpc) is 2.98. The summed E-state index contributed by atoms with van der Waals surface area (Å²) in [5.74, 6) is 0.810. The summed E-state index contributed by atoms with van der Waals surface area (Å²) in [6.45, 7) is 12.8. The van der Waals surface area contributed by atoms with E-state index < -0.39 is 0 Å². The number of rotatable bonds is 7. The molecule has 0 aromatic heterocycles. The van der Waals surface area contributed by atoms with E-state index in [0.29, 0.717) is 0 Å². The molecule has 0 aromatic carbocycles. The maximum Gasteiger partial charge on any atom is 0.410 e. The van der Waals surface area contributed by atoms with Crippen molar-refractivity contribution in [2.24, 2.45) is 5.92 Å². The Balaban J connectivity index is 0.000000423. The van der Waals surface area contributed by atoms with Gasteiger partial charge in [-0.25, -0.2) is 4.79 Å². The minimum Gasteiger partial charge on any atom is -0.444 e. The molecule has 1 fully saturated rings. The van der Waals surface area contributed by atoms with Crippen molar-refractivity contribution >= 4 is 6.09 Å². The van der Waals surface area contributed by atoms with Gasteiger partial charge < -0.3 is 14.4 Å². The van der Waals surface area contributed by atoms with Crippen LogP contribution < -0.4 is 0 Å². The van der Waals surface area contributed by atoms with Gasteiger partial charge in [0.05, 0.1) is 0 Å². The van der Waals surface area contributed by atoms with Crippen LogP contribution in [0.25, 0.3) is 0 Å². The highest BCUT2D eigenvalue weighted by atomic mass is 16.6. The lowest BCUT2D eigenvalue weighted by molar-refractivity contribution is 0.0295. The van der Waals surface area contributed by atoms with E-state index in [1.165, 1.54) is 32.1 Å². The van der Waals surface area contributed by atoms with Crippen molar-refractivity contribution in [1.29, 1.82) is 0 Å². The third-order valence-corrected chi connectivity index (χ3v) is 3.82. The Morgan fingerprint density at radius 2 is 1.70 bits per heavy atom. The number of unbranched alkanes of at least 4 members (excludes halogenated alkanes) is 1. The van der Waals surface area contributed by atoms with Gasteiger partial charge in [0.15, 0.2) is 0 Å². The molecule has 0 radical (unpaired) electrons. The number of ether oxygens (including phenoxy) is 2. The molecule has 23 heavy (non-hydrogen) atoms. The van der Waals surface area contributed by atoms with Crippen LogP contribution in [0, 0.1) is 5.92 Å². The number of hydrogen-bond donors (Lipinski definition) is 0. The Bertz CT molecular complexity index is 287. The van der Waals surface area contributed by atoms with E-state index in [0.717, 1.165) is 38.5 Å². The molecule has 1 atom stereocenters. The van der Waals surface area contributed by atoms with Gasteiger partial charge in [-0.2, -0.15) is 0 Å². The molecular formula is C19H39NO3. The van der Waals surface area contributed by atoms with Crippen LogP contribution in [-0.2, 0) is 9.47 Å². The molecule has 1 saturated heterocycles. The van der Waals surface area contributed by atoms with Crippen LogP contribution in [0.3, 0.4) is 0 Å². The summed E-state index contributed by atoms with van der Waals surface area (Å²) in [5, 5.41) is 0. The predicted molar refractivity (Wildman–Crippen MR) is 96.8 cm³/mol. The van der Waals surface area contributed by atoms with E-state index in [1.807, 2.05) is 20.8 Å². The highest BCUT2D eigenvalue weighted by Gasteiger charge is 2.23. The fourth-order valence-electron chi connectivity index (χ4n) is 2.67. The zero-order valence-corrected chi connectivity index (χ0v) is 16.3. The molecule has 1 aliphatic heterocycles. The SMILES string of the molecule is CC(C)(C)OC(=O)N1CCCC1.CCCCC(CCC)COC. The molecule has 4 nitrogen and oxygen atoms in total. The summed E-state index contributed by atoms with van der Waals surface area (Å²) in [6, 6.07) is 0. The molecule has 0 bridgehead atoms. The molecule has 0 saturated carbocycles. The quantitative estimate of drug-likeness (QED) is 0.640. The fourth-order valence-corrected chi connectivity index (χ4v) is 2.67. The Labute approximate surface area is 143 Å². The first-order valence-electron chi connectivity index (χ1n) is 9.30. The second kappa shape index (κ2) is 12.6. The maximum atomic E-state index is 11.4. The summed E-state index contributed by atoms with van der Waals surface area (Å²) < 4.78 is 10.4. The van der Waals surface area contributed by atoms with Crippen molar-refractivity contribution in [1.82, 2.24) is 4.90 Å². The number of methoxy groups -OCH3 is 1. The van der Waals surface area contributed by atoms with Gasteiger partial charge in [0.1, 0.15) is 5.60 Å². The first-order chi connectivity index (χ1) is 10.8. The predicted octanol–water partition coefficient (Wildman–Crippen LogP) is 5.26. The molecular weight excluding hydrogens is 290 g/mol. The molecule has 138 valence electrons. The highest BCUT2D eigenvalue weighted by Crippen LogP contribution is 2.15. The molecule has 1 unspecified atom stereocenters. The van der Waals surface area contributed by atoms with Gasteiger partial charge in [-0.05, 0) is 52.4 Å². The van der Waals surface area contributed by atoms with E-state index in [-0.39, 0.29) is 11.7 Å². The molecule has 1 aliphatic rings. The van der Waals surface area contributed by atoms with Gasteiger partial charge in [0.25, 0.3) is 0 Å². The minimum absolute atomic E-state index is 0.167. The molecule has 0 N–H and O–H groups in total. The average molecular weight is 330 g/mol. The summed E-state index contributed by atoms with van der Waals surface area (Å²) in [5.41, 5.74) is -0.361. The Kier molecular flexibility index (Phi) is 12.2. The van der Waals surface area contributed by atoms with Gasteiger partial charge in [-0.1, -0.05) is 33.1 Å². The minimum atomic E-state index is -0.361. The molecule has 1 rings (SSSR count). The van der Waals surface area contributed by atoms with Crippen LogP contribution >= 0.6 is 0 Å². The second-order valence-electron chi connectivity index (χ2n) is 7.43. The lowest BCUT2D eigenvalue weighted by atomic mass is 9.98. The van der Waals surface area contributed by atoms with Crippen molar-refractivity contribution in [3.63, 3.8) is 0 Å². The number of carbonyl (C=O) groups excluding carboxylic acids is 1. The Morgan fingerprint density at radius 1 is 1.09 bits per heavy atom. The summed E-state index contributed by atoms with van der Waals surface area (Å²) in [4.78, 5) is 13.1. The van der Waals surface area contributed by atoms with Crippen LogP contribution in [-0.4, -0.2) is 43.4 Å². The van der Waals surface area contributed by atoms with E-state index >= 15 is 0 Å². The highest BCUT2D eigenvalue weighted by molar-refractivity contribution is 5.68. The van der Waals surface area contributed by atoms with Crippen LogP contribution in [0.1, 0.15) is 79.6 Å². The number of likely N-dealkylation sites (tertiary alicyclic amines) is 1. The first-order valence-corrected chi connectivity index (χ1v) is 9.30. The van der Waals surface area contributed by atoms with E-state index in [9.17, 15) is 4.79 Å².